The van der Waals surface area contributed by atoms with Gasteiger partial charge >= 0.3 is 6.09 Å². The fourth-order valence-electron chi connectivity index (χ4n) is 2.24. The summed E-state index contributed by atoms with van der Waals surface area (Å²) in [6.07, 6.45) is 4.05. The predicted molar refractivity (Wildman–Crippen MR) is 81.1 cm³/mol. The molecule has 2 rings (SSSR count). The van der Waals surface area contributed by atoms with Crippen molar-refractivity contribution in [3.8, 4) is 0 Å². The summed E-state index contributed by atoms with van der Waals surface area (Å²) in [6, 6.07) is 0.0676. The fourth-order valence-corrected chi connectivity index (χ4v) is 2.24. The number of ether oxygens (including phenoxy) is 1. The van der Waals surface area contributed by atoms with Crippen LogP contribution in [0.15, 0.2) is 12.4 Å². The number of amides is 1. The van der Waals surface area contributed by atoms with E-state index >= 15 is 0 Å². The van der Waals surface area contributed by atoms with Crippen LogP contribution in [0.5, 0.6) is 0 Å². The molecule has 0 saturated heterocycles. The second-order valence-corrected chi connectivity index (χ2v) is 6.60. The minimum Gasteiger partial charge on any atom is -0.444 e. The molecule has 6 nitrogen and oxygen atoms in total. The van der Waals surface area contributed by atoms with E-state index in [1.807, 2.05) is 32.7 Å². The average Bonchev–Trinajstić information content (AvgIpc) is 3.22. The molecule has 1 fully saturated rings. The summed E-state index contributed by atoms with van der Waals surface area (Å²) >= 11 is 0. The maximum Gasteiger partial charge on any atom is 0.407 e. The van der Waals surface area contributed by atoms with Crippen LogP contribution in [-0.4, -0.2) is 41.3 Å². The van der Waals surface area contributed by atoms with Gasteiger partial charge in [-0.25, -0.2) is 19.2 Å². The van der Waals surface area contributed by atoms with Gasteiger partial charge < -0.3 is 15.0 Å². The van der Waals surface area contributed by atoms with Gasteiger partial charge in [0.2, 0.25) is 5.95 Å². The highest BCUT2D eigenvalue weighted by atomic mass is 19.1. The molecule has 0 radical (unpaired) electrons. The zero-order valence-corrected chi connectivity index (χ0v) is 13.5. The van der Waals surface area contributed by atoms with Gasteiger partial charge in [0.25, 0.3) is 0 Å². The minimum absolute atomic E-state index is 0.0676. The number of halogens is 1. The lowest BCUT2D eigenvalue weighted by Gasteiger charge is -2.29. The minimum atomic E-state index is -0.523. The van der Waals surface area contributed by atoms with E-state index in [1.54, 1.807) is 0 Å². The summed E-state index contributed by atoms with van der Waals surface area (Å²) in [5, 5.41) is 2.79. The van der Waals surface area contributed by atoms with Crippen LogP contribution >= 0.6 is 0 Å². The summed E-state index contributed by atoms with van der Waals surface area (Å²) in [5.41, 5.74) is -0.523. The largest absolute Gasteiger partial charge is 0.444 e. The number of nitrogens with one attached hydrogen (secondary N) is 1. The van der Waals surface area contributed by atoms with E-state index in [0.29, 0.717) is 18.4 Å². The Balaban J connectivity index is 1.95. The molecule has 0 aliphatic heterocycles. The predicted octanol–water partition coefficient (Wildman–Crippen LogP) is 2.36. The second-order valence-electron chi connectivity index (χ2n) is 6.60. The number of aromatic nitrogens is 2. The lowest BCUT2D eigenvalue weighted by Crippen LogP contribution is -2.45. The fraction of sp³-hybridized carbons (Fsp3) is 0.667. The number of rotatable bonds is 5. The Morgan fingerprint density at radius 2 is 2.05 bits per heavy atom. The lowest BCUT2D eigenvalue weighted by molar-refractivity contribution is 0.0523. The third kappa shape index (κ3) is 4.82. The summed E-state index contributed by atoms with van der Waals surface area (Å²) in [5.74, 6) is 0.463. The van der Waals surface area contributed by atoms with E-state index in [4.69, 9.17) is 4.74 Å². The molecule has 1 saturated carbocycles. The molecule has 22 heavy (non-hydrogen) atoms. The number of anilines is 1. The van der Waals surface area contributed by atoms with Crippen molar-refractivity contribution in [2.24, 2.45) is 5.92 Å². The number of carbonyl (C=O) groups excluding carboxylic acids is 1. The van der Waals surface area contributed by atoms with Crippen molar-refractivity contribution >= 4 is 12.0 Å². The molecular weight excluding hydrogens is 287 g/mol. The first kappa shape index (κ1) is 16.5. The summed E-state index contributed by atoms with van der Waals surface area (Å²) in [4.78, 5) is 21.6. The highest BCUT2D eigenvalue weighted by Crippen LogP contribution is 2.35. The molecule has 0 bridgehead atoms. The van der Waals surface area contributed by atoms with Crippen molar-refractivity contribution in [2.45, 2.75) is 45.3 Å². The Bertz CT molecular complexity index is 511. The number of alkyl carbamates (subject to hydrolysis) is 1. The molecule has 1 heterocycles. The van der Waals surface area contributed by atoms with E-state index in [9.17, 15) is 9.18 Å². The van der Waals surface area contributed by atoms with Crippen LogP contribution in [0, 0.1) is 11.7 Å². The van der Waals surface area contributed by atoms with Crippen LogP contribution in [0.2, 0.25) is 0 Å². The standard InChI is InChI=1S/C15H23FN4O2/c1-15(2,3)22-14(21)19-9-12(10-5-6-10)20(4)13-17-7-11(16)8-18-13/h7-8,10,12H,5-6,9H2,1-4H3,(H,19,21)/t12-/m0/s1. The van der Waals surface area contributed by atoms with E-state index < -0.39 is 17.5 Å². The Hall–Kier alpha value is -1.92. The van der Waals surface area contributed by atoms with Gasteiger partial charge in [0.15, 0.2) is 5.82 Å². The van der Waals surface area contributed by atoms with Gasteiger partial charge in [-0.15, -0.1) is 0 Å². The molecule has 1 aliphatic carbocycles. The molecule has 0 aromatic carbocycles. The zero-order valence-electron chi connectivity index (χ0n) is 13.5. The molecule has 7 heteroatoms. The molecular formula is C15H23FN4O2. The molecule has 1 atom stereocenters. The highest BCUT2D eigenvalue weighted by Gasteiger charge is 2.35. The molecule has 1 N–H and O–H groups in total. The number of hydrogen-bond donors (Lipinski definition) is 1. The first-order chi connectivity index (χ1) is 10.3. The molecule has 1 amide bonds. The lowest BCUT2D eigenvalue weighted by atomic mass is 10.1. The smallest absolute Gasteiger partial charge is 0.407 e. The van der Waals surface area contributed by atoms with Gasteiger partial charge in [0, 0.05) is 13.6 Å². The van der Waals surface area contributed by atoms with Crippen molar-refractivity contribution in [1.29, 1.82) is 0 Å². The van der Waals surface area contributed by atoms with Gasteiger partial charge in [0.1, 0.15) is 5.60 Å². The van der Waals surface area contributed by atoms with Crippen molar-refractivity contribution in [3.05, 3.63) is 18.2 Å². The van der Waals surface area contributed by atoms with Crippen molar-refractivity contribution in [1.82, 2.24) is 15.3 Å². The Morgan fingerprint density at radius 1 is 1.45 bits per heavy atom. The molecule has 0 spiro atoms. The van der Waals surface area contributed by atoms with Gasteiger partial charge in [-0.3, -0.25) is 0 Å². The maximum atomic E-state index is 12.9. The van der Waals surface area contributed by atoms with Gasteiger partial charge in [-0.05, 0) is 39.5 Å². The summed E-state index contributed by atoms with van der Waals surface area (Å²) in [6.45, 7) is 5.91. The molecule has 1 aliphatic rings. The van der Waals surface area contributed by atoms with Crippen molar-refractivity contribution < 1.29 is 13.9 Å². The summed E-state index contributed by atoms with van der Waals surface area (Å²) < 4.78 is 18.2. The molecule has 0 unspecified atom stereocenters. The maximum absolute atomic E-state index is 12.9. The second kappa shape index (κ2) is 6.46. The monoisotopic (exact) mass is 310 g/mol. The number of likely N-dealkylation sites (N-methyl/N-ethyl adjacent to an activating group) is 1. The van der Waals surface area contributed by atoms with E-state index in [0.717, 1.165) is 25.2 Å². The Labute approximate surface area is 130 Å². The van der Waals surface area contributed by atoms with Crippen molar-refractivity contribution in [2.75, 3.05) is 18.5 Å². The molecule has 122 valence electrons. The zero-order chi connectivity index (χ0) is 16.3. The van der Waals surface area contributed by atoms with Crippen LogP contribution in [0.3, 0.4) is 0 Å². The first-order valence-electron chi connectivity index (χ1n) is 7.43. The average molecular weight is 310 g/mol. The summed E-state index contributed by atoms with van der Waals surface area (Å²) in [7, 11) is 1.85. The Morgan fingerprint density at radius 3 is 2.55 bits per heavy atom. The Kier molecular flexibility index (Phi) is 4.83. The van der Waals surface area contributed by atoms with Gasteiger partial charge in [-0.2, -0.15) is 0 Å². The van der Waals surface area contributed by atoms with E-state index in [-0.39, 0.29) is 6.04 Å². The first-order valence-corrected chi connectivity index (χ1v) is 7.43. The van der Waals surface area contributed by atoms with Crippen LogP contribution in [-0.2, 0) is 4.74 Å². The normalized spacial score (nSPS) is 16.0. The number of nitrogens with zero attached hydrogens (tertiary/aromatic N) is 3. The quantitative estimate of drug-likeness (QED) is 0.904. The van der Waals surface area contributed by atoms with Crippen LogP contribution in [0.4, 0.5) is 15.1 Å². The molecule has 1 aromatic rings. The van der Waals surface area contributed by atoms with Gasteiger partial charge in [-0.1, -0.05) is 0 Å². The highest BCUT2D eigenvalue weighted by molar-refractivity contribution is 5.67. The van der Waals surface area contributed by atoms with Crippen LogP contribution in [0.1, 0.15) is 33.6 Å². The topological polar surface area (TPSA) is 67.4 Å². The van der Waals surface area contributed by atoms with Gasteiger partial charge in [0.05, 0.1) is 18.4 Å². The SMILES string of the molecule is CN(c1ncc(F)cn1)[C@@H](CNC(=O)OC(C)(C)C)C1CC1. The van der Waals surface area contributed by atoms with Crippen LogP contribution in [0.25, 0.3) is 0 Å². The van der Waals surface area contributed by atoms with Crippen molar-refractivity contribution in [3.63, 3.8) is 0 Å². The van der Waals surface area contributed by atoms with Crippen LogP contribution < -0.4 is 10.2 Å². The molecule has 1 aromatic heterocycles. The third-order valence-corrected chi connectivity index (χ3v) is 3.44. The van der Waals surface area contributed by atoms with E-state index in [2.05, 4.69) is 15.3 Å². The number of hydrogen-bond acceptors (Lipinski definition) is 5. The third-order valence-electron chi connectivity index (χ3n) is 3.44. The number of carbonyl (C=O) groups is 1. The van der Waals surface area contributed by atoms with E-state index in [1.165, 1.54) is 0 Å².